The summed E-state index contributed by atoms with van der Waals surface area (Å²) in [5.74, 6) is 0.00606. The normalized spacial score (nSPS) is 22.9. The van der Waals surface area contributed by atoms with E-state index in [1.165, 1.54) is 5.56 Å². The Bertz CT molecular complexity index is 471. The topological polar surface area (TPSA) is 38.8 Å². The van der Waals surface area contributed by atoms with E-state index >= 15 is 0 Å². The average Bonchev–Trinajstić information content (AvgIpc) is 2.82. The third-order valence-electron chi connectivity index (χ3n) is 3.30. The van der Waals surface area contributed by atoms with E-state index < -0.39 is 6.10 Å². The summed E-state index contributed by atoms with van der Waals surface area (Å²) >= 11 is 3.44. The lowest BCUT2D eigenvalue weighted by Gasteiger charge is -2.27. The maximum absolute atomic E-state index is 12.4. The van der Waals surface area contributed by atoms with E-state index in [0.29, 0.717) is 19.8 Å². The molecular weight excluding hydrogens is 298 g/mol. The van der Waals surface area contributed by atoms with E-state index in [-0.39, 0.29) is 5.91 Å². The number of hydrogen-bond acceptors (Lipinski definition) is 3. The Hall–Kier alpha value is -0.910. The SMILES string of the molecule is O=C([C@H]1COCCO1)N1CCc2ccc(Br)cc21. The summed E-state index contributed by atoms with van der Waals surface area (Å²) in [5.41, 5.74) is 2.20. The van der Waals surface area contributed by atoms with Crippen LogP contribution in [0.4, 0.5) is 5.69 Å². The quantitative estimate of drug-likeness (QED) is 0.793. The van der Waals surface area contributed by atoms with Gasteiger partial charge in [0.15, 0.2) is 6.10 Å². The van der Waals surface area contributed by atoms with Crippen molar-refractivity contribution in [1.82, 2.24) is 0 Å². The van der Waals surface area contributed by atoms with Crippen molar-refractivity contribution in [3.63, 3.8) is 0 Å². The van der Waals surface area contributed by atoms with Gasteiger partial charge in [-0.3, -0.25) is 4.79 Å². The lowest BCUT2D eigenvalue weighted by molar-refractivity contribution is -0.144. The summed E-state index contributed by atoms with van der Waals surface area (Å²) < 4.78 is 11.7. The number of hydrogen-bond donors (Lipinski definition) is 0. The van der Waals surface area contributed by atoms with Gasteiger partial charge in [-0.2, -0.15) is 0 Å². The Kier molecular flexibility index (Phi) is 3.37. The molecule has 96 valence electrons. The molecule has 1 aromatic rings. The minimum absolute atomic E-state index is 0.00606. The zero-order valence-electron chi connectivity index (χ0n) is 9.89. The van der Waals surface area contributed by atoms with Gasteiger partial charge < -0.3 is 14.4 Å². The number of benzene rings is 1. The first-order valence-electron chi connectivity index (χ1n) is 6.05. The summed E-state index contributed by atoms with van der Waals surface area (Å²) in [5, 5.41) is 0. The molecule has 1 fully saturated rings. The first-order chi connectivity index (χ1) is 8.75. The summed E-state index contributed by atoms with van der Waals surface area (Å²) in [7, 11) is 0. The fourth-order valence-corrected chi connectivity index (χ4v) is 2.73. The molecule has 2 aliphatic heterocycles. The van der Waals surface area contributed by atoms with Gasteiger partial charge in [-0.15, -0.1) is 0 Å². The van der Waals surface area contributed by atoms with Crippen LogP contribution in [0.15, 0.2) is 22.7 Å². The van der Waals surface area contributed by atoms with Crippen molar-refractivity contribution in [3.05, 3.63) is 28.2 Å². The van der Waals surface area contributed by atoms with Gasteiger partial charge in [0.25, 0.3) is 5.91 Å². The zero-order valence-corrected chi connectivity index (χ0v) is 11.5. The Labute approximate surface area is 114 Å². The molecule has 1 atom stereocenters. The molecule has 1 saturated heterocycles. The second-order valence-corrected chi connectivity index (χ2v) is 5.36. The van der Waals surface area contributed by atoms with Crippen LogP contribution in [0.2, 0.25) is 0 Å². The fraction of sp³-hybridized carbons (Fsp3) is 0.462. The van der Waals surface area contributed by atoms with Crippen molar-refractivity contribution < 1.29 is 14.3 Å². The lowest BCUT2D eigenvalue weighted by atomic mass is 10.2. The second kappa shape index (κ2) is 4.99. The zero-order chi connectivity index (χ0) is 12.5. The Morgan fingerprint density at radius 2 is 2.28 bits per heavy atom. The highest BCUT2D eigenvalue weighted by Crippen LogP contribution is 2.31. The molecular formula is C13H14BrNO3. The van der Waals surface area contributed by atoms with Crippen LogP contribution in [0.1, 0.15) is 5.56 Å². The molecule has 5 heteroatoms. The van der Waals surface area contributed by atoms with Gasteiger partial charge in [0, 0.05) is 16.7 Å². The van der Waals surface area contributed by atoms with Crippen molar-refractivity contribution in [2.75, 3.05) is 31.3 Å². The van der Waals surface area contributed by atoms with Gasteiger partial charge in [0.05, 0.1) is 19.8 Å². The Balaban J connectivity index is 1.82. The van der Waals surface area contributed by atoms with E-state index in [1.54, 1.807) is 4.90 Å². The van der Waals surface area contributed by atoms with Crippen LogP contribution in [0.5, 0.6) is 0 Å². The van der Waals surface area contributed by atoms with Crippen LogP contribution >= 0.6 is 15.9 Å². The van der Waals surface area contributed by atoms with Gasteiger partial charge in [0.2, 0.25) is 0 Å². The van der Waals surface area contributed by atoms with Crippen molar-refractivity contribution >= 4 is 27.5 Å². The van der Waals surface area contributed by atoms with Crippen molar-refractivity contribution in [3.8, 4) is 0 Å². The molecule has 18 heavy (non-hydrogen) atoms. The molecule has 4 nitrogen and oxygen atoms in total. The molecule has 0 unspecified atom stereocenters. The Morgan fingerprint density at radius 1 is 1.39 bits per heavy atom. The van der Waals surface area contributed by atoms with E-state index in [4.69, 9.17) is 9.47 Å². The average molecular weight is 312 g/mol. The first-order valence-corrected chi connectivity index (χ1v) is 6.84. The largest absolute Gasteiger partial charge is 0.376 e. The molecule has 0 spiro atoms. The fourth-order valence-electron chi connectivity index (χ4n) is 2.39. The molecule has 0 bridgehead atoms. The minimum atomic E-state index is -0.455. The van der Waals surface area contributed by atoms with E-state index in [9.17, 15) is 4.79 Å². The molecule has 2 heterocycles. The number of fused-ring (bicyclic) bond motifs is 1. The van der Waals surface area contributed by atoms with E-state index in [0.717, 1.165) is 23.1 Å². The number of carbonyl (C=O) groups excluding carboxylic acids is 1. The highest BCUT2D eigenvalue weighted by atomic mass is 79.9. The van der Waals surface area contributed by atoms with Gasteiger partial charge in [-0.05, 0) is 24.1 Å². The molecule has 0 saturated carbocycles. The third kappa shape index (κ3) is 2.18. The molecule has 0 radical (unpaired) electrons. The molecule has 0 aromatic heterocycles. The molecule has 1 aromatic carbocycles. The van der Waals surface area contributed by atoms with Gasteiger partial charge >= 0.3 is 0 Å². The number of nitrogens with zero attached hydrogens (tertiary/aromatic N) is 1. The van der Waals surface area contributed by atoms with Crippen LogP contribution in [0.25, 0.3) is 0 Å². The summed E-state index contributed by atoms with van der Waals surface area (Å²) in [4.78, 5) is 14.2. The number of anilines is 1. The monoisotopic (exact) mass is 311 g/mol. The maximum Gasteiger partial charge on any atom is 0.258 e. The van der Waals surface area contributed by atoms with E-state index in [1.807, 2.05) is 12.1 Å². The summed E-state index contributed by atoms with van der Waals surface area (Å²) in [6.07, 6.45) is 0.450. The number of amides is 1. The number of ether oxygens (including phenoxy) is 2. The van der Waals surface area contributed by atoms with Crippen molar-refractivity contribution in [2.24, 2.45) is 0 Å². The van der Waals surface area contributed by atoms with Crippen LogP contribution < -0.4 is 4.90 Å². The second-order valence-electron chi connectivity index (χ2n) is 4.45. The molecule has 3 rings (SSSR count). The standard InChI is InChI=1S/C13H14BrNO3/c14-10-2-1-9-3-4-15(11(9)7-10)13(16)12-8-17-5-6-18-12/h1-2,7,12H,3-6,8H2/t12-/m1/s1. The van der Waals surface area contributed by atoms with Crippen molar-refractivity contribution in [1.29, 1.82) is 0 Å². The molecule has 1 amide bonds. The maximum atomic E-state index is 12.4. The number of carbonyl (C=O) groups is 1. The predicted molar refractivity (Wildman–Crippen MR) is 70.8 cm³/mol. The highest BCUT2D eigenvalue weighted by Gasteiger charge is 2.32. The van der Waals surface area contributed by atoms with Crippen LogP contribution in [0, 0.1) is 0 Å². The van der Waals surface area contributed by atoms with Crippen LogP contribution in [-0.4, -0.2) is 38.4 Å². The van der Waals surface area contributed by atoms with Crippen molar-refractivity contribution in [2.45, 2.75) is 12.5 Å². The Morgan fingerprint density at radius 3 is 3.06 bits per heavy atom. The number of halogens is 1. The summed E-state index contributed by atoms with van der Waals surface area (Å²) in [6, 6.07) is 6.06. The first kappa shape index (κ1) is 12.1. The van der Waals surface area contributed by atoms with Gasteiger partial charge in [-0.25, -0.2) is 0 Å². The number of rotatable bonds is 1. The molecule has 2 aliphatic rings. The molecule has 0 N–H and O–H groups in total. The van der Waals surface area contributed by atoms with Crippen LogP contribution in [-0.2, 0) is 20.7 Å². The third-order valence-corrected chi connectivity index (χ3v) is 3.79. The lowest BCUT2D eigenvalue weighted by Crippen LogP contribution is -2.44. The van der Waals surface area contributed by atoms with E-state index in [2.05, 4.69) is 22.0 Å². The predicted octanol–water partition coefficient (Wildman–Crippen LogP) is 1.75. The van der Waals surface area contributed by atoms with Gasteiger partial charge in [0.1, 0.15) is 0 Å². The highest BCUT2D eigenvalue weighted by molar-refractivity contribution is 9.10. The summed E-state index contributed by atoms with van der Waals surface area (Å²) in [6.45, 7) is 2.16. The van der Waals surface area contributed by atoms with Gasteiger partial charge in [-0.1, -0.05) is 22.0 Å². The van der Waals surface area contributed by atoms with Crippen LogP contribution in [0.3, 0.4) is 0 Å². The smallest absolute Gasteiger partial charge is 0.258 e. The molecule has 0 aliphatic carbocycles. The minimum Gasteiger partial charge on any atom is -0.376 e.